The highest BCUT2D eigenvalue weighted by Crippen LogP contribution is 2.17. The van der Waals surface area contributed by atoms with E-state index in [4.69, 9.17) is 4.74 Å². The fourth-order valence-electron chi connectivity index (χ4n) is 2.27. The minimum atomic E-state index is -0.916. The molecule has 1 rings (SSSR count). The number of para-hydroxylation sites is 1. The van der Waals surface area contributed by atoms with Crippen molar-refractivity contribution < 1.29 is 4.74 Å². The Bertz CT molecular complexity index is 365. The molecule has 1 unspecified atom stereocenters. The van der Waals surface area contributed by atoms with Gasteiger partial charge in [0.05, 0.1) is 6.61 Å². The Kier molecular flexibility index (Phi) is 6.93. The molecule has 1 aromatic rings. The van der Waals surface area contributed by atoms with Crippen LogP contribution >= 0.6 is 0 Å². The summed E-state index contributed by atoms with van der Waals surface area (Å²) < 4.78 is 5.67. The van der Waals surface area contributed by atoms with Gasteiger partial charge in [-0.25, -0.2) is 0 Å². The number of hydrogen-bond acceptors (Lipinski definition) is 1. The first-order valence-corrected chi connectivity index (χ1v) is 11.0. The van der Waals surface area contributed by atoms with E-state index in [1.807, 2.05) is 30.3 Å². The Balaban J connectivity index is 2.10. The van der Waals surface area contributed by atoms with Gasteiger partial charge in [0, 0.05) is 8.07 Å². The molecule has 0 N–H and O–H groups in total. The van der Waals surface area contributed by atoms with E-state index in [2.05, 4.69) is 38.7 Å². The summed E-state index contributed by atoms with van der Waals surface area (Å²) in [5.74, 6) is 1.69. The third kappa shape index (κ3) is 8.65. The molecule has 2 heteroatoms. The number of ether oxygens (including phenoxy) is 1. The Morgan fingerprint density at radius 2 is 1.84 bits per heavy atom. The summed E-state index contributed by atoms with van der Waals surface area (Å²) in [4.78, 5) is 0. The van der Waals surface area contributed by atoms with Crippen molar-refractivity contribution >= 4 is 8.07 Å². The van der Waals surface area contributed by atoms with Crippen molar-refractivity contribution in [2.45, 2.75) is 45.5 Å². The normalized spacial score (nSPS) is 13.7. The van der Waals surface area contributed by atoms with Crippen LogP contribution in [0.1, 0.15) is 19.8 Å². The molecule has 0 spiro atoms. The van der Waals surface area contributed by atoms with Crippen molar-refractivity contribution in [3.8, 4) is 5.75 Å². The van der Waals surface area contributed by atoms with Crippen LogP contribution in [0.4, 0.5) is 0 Å². The predicted molar refractivity (Wildman–Crippen MR) is 87.6 cm³/mol. The van der Waals surface area contributed by atoms with Gasteiger partial charge in [0.15, 0.2) is 0 Å². The van der Waals surface area contributed by atoms with Gasteiger partial charge in [-0.15, -0.1) is 0 Å². The Hall–Kier alpha value is -1.02. The van der Waals surface area contributed by atoms with Crippen LogP contribution in [0, 0.1) is 5.92 Å². The van der Waals surface area contributed by atoms with Gasteiger partial charge < -0.3 is 4.74 Å². The van der Waals surface area contributed by atoms with Crippen molar-refractivity contribution in [2.24, 2.45) is 5.92 Å². The monoisotopic (exact) mass is 276 g/mol. The van der Waals surface area contributed by atoms with Gasteiger partial charge in [-0.1, -0.05) is 63.0 Å². The van der Waals surface area contributed by atoms with E-state index in [1.54, 1.807) is 0 Å². The number of rotatable bonds is 8. The number of unbranched alkanes of at least 4 members (excludes halogenated alkanes) is 1. The molecule has 0 heterocycles. The first-order chi connectivity index (χ1) is 8.97. The van der Waals surface area contributed by atoms with Gasteiger partial charge in [0.25, 0.3) is 0 Å². The van der Waals surface area contributed by atoms with Crippen LogP contribution in [0.3, 0.4) is 0 Å². The lowest BCUT2D eigenvalue weighted by Gasteiger charge is -2.18. The topological polar surface area (TPSA) is 9.23 Å². The SMILES string of the molecule is CC(/C=C/CCCOc1ccccc1)C[Si](C)(C)C. The third-order valence-corrected chi connectivity index (χ3v) is 4.79. The largest absolute Gasteiger partial charge is 0.494 e. The predicted octanol–water partition coefficient (Wildman–Crippen LogP) is 5.38. The Morgan fingerprint density at radius 1 is 1.16 bits per heavy atom. The third-order valence-electron chi connectivity index (χ3n) is 2.93. The summed E-state index contributed by atoms with van der Waals surface area (Å²) in [5, 5.41) is 0. The average Bonchev–Trinajstić information content (AvgIpc) is 2.32. The highest BCUT2D eigenvalue weighted by Gasteiger charge is 2.15. The molecular weight excluding hydrogens is 248 g/mol. The van der Waals surface area contributed by atoms with Crippen LogP contribution in [0.25, 0.3) is 0 Å². The molecule has 0 radical (unpaired) electrons. The summed E-state index contributed by atoms with van der Waals surface area (Å²) in [6, 6.07) is 11.4. The number of hydrogen-bond donors (Lipinski definition) is 0. The van der Waals surface area contributed by atoms with Crippen LogP contribution in [-0.4, -0.2) is 14.7 Å². The summed E-state index contributed by atoms with van der Waals surface area (Å²) in [6.45, 7) is 10.4. The van der Waals surface area contributed by atoms with E-state index >= 15 is 0 Å². The van der Waals surface area contributed by atoms with Crippen molar-refractivity contribution in [1.82, 2.24) is 0 Å². The van der Waals surface area contributed by atoms with Gasteiger partial charge in [0.2, 0.25) is 0 Å². The quantitative estimate of drug-likeness (QED) is 0.352. The van der Waals surface area contributed by atoms with E-state index in [0.29, 0.717) is 0 Å². The summed E-state index contributed by atoms with van der Waals surface area (Å²) >= 11 is 0. The lowest BCUT2D eigenvalue weighted by atomic mass is 10.2. The molecule has 1 nitrogen and oxygen atoms in total. The molecular formula is C17H28OSi. The Labute approximate surface area is 119 Å². The van der Waals surface area contributed by atoms with Crippen molar-refractivity contribution in [2.75, 3.05) is 6.61 Å². The van der Waals surface area contributed by atoms with Gasteiger partial charge in [-0.3, -0.25) is 0 Å². The minimum Gasteiger partial charge on any atom is -0.494 e. The molecule has 0 saturated heterocycles. The molecule has 1 aromatic carbocycles. The van der Waals surface area contributed by atoms with Gasteiger partial charge >= 0.3 is 0 Å². The second-order valence-corrected chi connectivity index (χ2v) is 12.0. The van der Waals surface area contributed by atoms with Crippen molar-refractivity contribution in [3.63, 3.8) is 0 Å². The maximum atomic E-state index is 5.67. The van der Waals surface area contributed by atoms with Gasteiger partial charge in [-0.05, 0) is 30.9 Å². The van der Waals surface area contributed by atoms with E-state index in [-0.39, 0.29) is 0 Å². The molecule has 0 aromatic heterocycles. The zero-order valence-corrected chi connectivity index (χ0v) is 13.9. The molecule has 106 valence electrons. The number of benzene rings is 1. The highest BCUT2D eigenvalue weighted by atomic mass is 28.3. The fraction of sp³-hybridized carbons (Fsp3) is 0.529. The summed E-state index contributed by atoms with van der Waals surface area (Å²) in [7, 11) is -0.916. The van der Waals surface area contributed by atoms with Crippen LogP contribution < -0.4 is 4.74 Å². The van der Waals surface area contributed by atoms with Crippen LogP contribution in [0.5, 0.6) is 5.75 Å². The first kappa shape index (κ1) is 16.0. The molecule has 0 saturated carbocycles. The second kappa shape index (κ2) is 8.21. The molecule has 19 heavy (non-hydrogen) atoms. The minimum absolute atomic E-state index is 0.724. The molecule has 0 bridgehead atoms. The first-order valence-electron chi connectivity index (χ1n) is 7.32. The van der Waals surface area contributed by atoms with E-state index in [1.165, 1.54) is 6.04 Å². The molecule has 1 atom stereocenters. The van der Waals surface area contributed by atoms with Crippen molar-refractivity contribution in [3.05, 3.63) is 42.5 Å². The van der Waals surface area contributed by atoms with Gasteiger partial charge in [-0.2, -0.15) is 0 Å². The van der Waals surface area contributed by atoms with E-state index in [9.17, 15) is 0 Å². The highest BCUT2D eigenvalue weighted by molar-refractivity contribution is 6.76. The fourth-order valence-corrected chi connectivity index (χ4v) is 4.34. The number of allylic oxidation sites excluding steroid dienone is 2. The standard InChI is InChI=1S/C17H28OSi/c1-16(15-19(2,3)4)11-7-6-10-14-18-17-12-8-5-9-13-17/h5,7-9,11-13,16H,6,10,14-15H2,1-4H3/b11-7+. The van der Waals surface area contributed by atoms with Gasteiger partial charge in [0.1, 0.15) is 5.75 Å². The zero-order valence-electron chi connectivity index (χ0n) is 12.9. The smallest absolute Gasteiger partial charge is 0.119 e. The summed E-state index contributed by atoms with van der Waals surface area (Å²) in [5.41, 5.74) is 0. The molecule has 0 aliphatic rings. The Morgan fingerprint density at radius 3 is 2.47 bits per heavy atom. The maximum Gasteiger partial charge on any atom is 0.119 e. The molecule has 0 amide bonds. The maximum absolute atomic E-state index is 5.67. The van der Waals surface area contributed by atoms with Crippen LogP contribution in [0.15, 0.2) is 42.5 Å². The van der Waals surface area contributed by atoms with Crippen molar-refractivity contribution in [1.29, 1.82) is 0 Å². The molecule has 0 fully saturated rings. The lowest BCUT2D eigenvalue weighted by molar-refractivity contribution is 0.312. The van der Waals surface area contributed by atoms with E-state index < -0.39 is 8.07 Å². The molecule has 0 aliphatic heterocycles. The van der Waals surface area contributed by atoms with E-state index in [0.717, 1.165) is 31.1 Å². The second-order valence-electron chi connectivity index (χ2n) is 6.47. The van der Waals surface area contributed by atoms with Crippen LogP contribution in [0.2, 0.25) is 25.7 Å². The molecule has 0 aliphatic carbocycles. The lowest BCUT2D eigenvalue weighted by Crippen LogP contribution is -2.21. The average molecular weight is 276 g/mol. The van der Waals surface area contributed by atoms with Crippen LogP contribution in [-0.2, 0) is 0 Å². The zero-order chi connectivity index (χ0) is 14.1. The summed E-state index contributed by atoms with van der Waals surface area (Å²) in [6.07, 6.45) is 6.90.